The Labute approximate surface area is 165 Å². The average Bonchev–Trinajstić information content (AvgIpc) is 3.16. The number of carbonyl (C=O) groups excluding carboxylic acids is 1. The van der Waals surface area contributed by atoms with Crippen molar-refractivity contribution in [2.24, 2.45) is 13.0 Å². The van der Waals surface area contributed by atoms with Crippen LogP contribution in [0.5, 0.6) is 0 Å². The first-order valence-corrected chi connectivity index (χ1v) is 10.3. The summed E-state index contributed by atoms with van der Waals surface area (Å²) in [6.07, 6.45) is 2.30. The lowest BCUT2D eigenvalue weighted by Crippen LogP contribution is -2.61. The first-order valence-electron chi connectivity index (χ1n) is 10.3. The van der Waals surface area contributed by atoms with Crippen LogP contribution in [0.3, 0.4) is 0 Å². The van der Waals surface area contributed by atoms with Gasteiger partial charge in [-0.1, -0.05) is 30.3 Å². The fourth-order valence-electron chi connectivity index (χ4n) is 5.69. The smallest absolute Gasteiger partial charge is 0.263 e. The summed E-state index contributed by atoms with van der Waals surface area (Å²) in [5.41, 5.74) is 2.28. The van der Waals surface area contributed by atoms with Crippen molar-refractivity contribution in [1.29, 1.82) is 0 Å². The SMILES string of the molecule is Cc1ccc(C(=O)N2C[C@H](c3ccccc3)[C@H]3[C@@H]2C2CCN3CC2)c(=O)n1C. The predicted octanol–water partition coefficient (Wildman–Crippen LogP) is 2.40. The summed E-state index contributed by atoms with van der Waals surface area (Å²) >= 11 is 0. The second-order valence-corrected chi connectivity index (χ2v) is 8.58. The average molecular weight is 377 g/mol. The molecule has 0 radical (unpaired) electrons. The van der Waals surface area contributed by atoms with E-state index in [9.17, 15) is 9.59 Å². The third kappa shape index (κ3) is 2.56. The predicted molar refractivity (Wildman–Crippen MR) is 109 cm³/mol. The van der Waals surface area contributed by atoms with Crippen LogP contribution >= 0.6 is 0 Å². The van der Waals surface area contributed by atoms with Gasteiger partial charge in [0.25, 0.3) is 11.5 Å². The Bertz CT molecular complexity index is 960. The molecule has 146 valence electrons. The molecule has 0 unspecified atom stereocenters. The fraction of sp³-hybridized carbons (Fsp3) is 0.478. The maximum Gasteiger partial charge on any atom is 0.263 e. The molecule has 5 heterocycles. The van der Waals surface area contributed by atoms with Crippen LogP contribution in [-0.2, 0) is 7.05 Å². The summed E-state index contributed by atoms with van der Waals surface area (Å²) in [7, 11) is 1.74. The maximum atomic E-state index is 13.5. The van der Waals surface area contributed by atoms with Gasteiger partial charge >= 0.3 is 0 Å². The number of pyridine rings is 1. The minimum atomic E-state index is -0.189. The van der Waals surface area contributed by atoms with Crippen LogP contribution in [0.25, 0.3) is 0 Å². The molecule has 28 heavy (non-hydrogen) atoms. The van der Waals surface area contributed by atoms with Crippen LogP contribution in [0.15, 0.2) is 47.3 Å². The highest BCUT2D eigenvalue weighted by Crippen LogP contribution is 2.46. The minimum Gasteiger partial charge on any atom is -0.333 e. The molecule has 1 amide bonds. The number of hydrogen-bond acceptors (Lipinski definition) is 3. The number of carbonyl (C=O) groups is 1. The van der Waals surface area contributed by atoms with Crippen LogP contribution in [0, 0.1) is 12.8 Å². The molecule has 4 fully saturated rings. The molecule has 5 heteroatoms. The molecule has 4 aliphatic heterocycles. The van der Waals surface area contributed by atoms with Crippen molar-refractivity contribution in [3.63, 3.8) is 0 Å². The van der Waals surface area contributed by atoms with Crippen molar-refractivity contribution in [1.82, 2.24) is 14.4 Å². The van der Waals surface area contributed by atoms with Crippen LogP contribution in [0.2, 0.25) is 0 Å². The molecule has 1 aromatic heterocycles. The van der Waals surface area contributed by atoms with Gasteiger partial charge in [-0.25, -0.2) is 0 Å². The molecule has 6 rings (SSSR count). The molecule has 0 spiro atoms. The maximum absolute atomic E-state index is 13.5. The highest BCUT2D eigenvalue weighted by molar-refractivity contribution is 5.94. The van der Waals surface area contributed by atoms with Gasteiger partial charge in [-0.15, -0.1) is 0 Å². The van der Waals surface area contributed by atoms with Gasteiger partial charge < -0.3 is 9.47 Å². The molecular formula is C23H27N3O2. The molecule has 4 saturated heterocycles. The van der Waals surface area contributed by atoms with E-state index in [1.54, 1.807) is 17.7 Å². The van der Waals surface area contributed by atoms with E-state index < -0.39 is 0 Å². The fourth-order valence-corrected chi connectivity index (χ4v) is 5.69. The van der Waals surface area contributed by atoms with Crippen molar-refractivity contribution in [3.05, 3.63) is 69.6 Å². The van der Waals surface area contributed by atoms with Crippen LogP contribution in [0.1, 0.15) is 40.4 Å². The Morgan fingerprint density at radius 2 is 1.71 bits per heavy atom. The monoisotopic (exact) mass is 377 g/mol. The normalized spacial score (nSPS) is 31.1. The summed E-state index contributed by atoms with van der Waals surface area (Å²) in [4.78, 5) is 30.9. The second-order valence-electron chi connectivity index (χ2n) is 8.58. The summed E-state index contributed by atoms with van der Waals surface area (Å²) < 4.78 is 1.58. The van der Waals surface area contributed by atoms with Crippen molar-refractivity contribution >= 4 is 5.91 Å². The number of nitrogens with zero attached hydrogens (tertiary/aromatic N) is 3. The van der Waals surface area contributed by atoms with Gasteiger partial charge in [0.15, 0.2) is 0 Å². The number of piperidine rings is 3. The van der Waals surface area contributed by atoms with Gasteiger partial charge in [0.1, 0.15) is 5.56 Å². The van der Waals surface area contributed by atoms with E-state index in [0.717, 1.165) is 31.6 Å². The molecule has 0 saturated carbocycles. The Hall–Kier alpha value is -2.40. The number of hydrogen-bond donors (Lipinski definition) is 0. The number of amides is 1. The number of aryl methyl sites for hydroxylation is 1. The molecule has 5 nitrogen and oxygen atoms in total. The Morgan fingerprint density at radius 3 is 2.43 bits per heavy atom. The molecular weight excluding hydrogens is 350 g/mol. The van der Waals surface area contributed by atoms with Gasteiger partial charge in [0.2, 0.25) is 0 Å². The van der Waals surface area contributed by atoms with Crippen LogP contribution in [-0.4, -0.2) is 52.0 Å². The van der Waals surface area contributed by atoms with E-state index >= 15 is 0 Å². The van der Waals surface area contributed by atoms with Crippen LogP contribution < -0.4 is 5.56 Å². The first kappa shape index (κ1) is 17.7. The van der Waals surface area contributed by atoms with Gasteiger partial charge in [0.05, 0.1) is 6.04 Å². The largest absolute Gasteiger partial charge is 0.333 e. The van der Waals surface area contributed by atoms with Crippen molar-refractivity contribution in [2.45, 2.75) is 37.8 Å². The topological polar surface area (TPSA) is 45.6 Å². The first-order chi connectivity index (χ1) is 13.6. The number of aromatic nitrogens is 1. The molecule has 2 bridgehead atoms. The highest BCUT2D eigenvalue weighted by atomic mass is 16.2. The van der Waals surface area contributed by atoms with E-state index in [-0.39, 0.29) is 17.5 Å². The quantitative estimate of drug-likeness (QED) is 0.807. The Balaban J connectivity index is 1.55. The summed E-state index contributed by atoms with van der Waals surface area (Å²) in [5, 5.41) is 0. The van der Waals surface area contributed by atoms with Gasteiger partial charge in [-0.3, -0.25) is 14.5 Å². The molecule has 2 aromatic rings. The third-order valence-electron chi connectivity index (χ3n) is 7.27. The Morgan fingerprint density at radius 1 is 1.00 bits per heavy atom. The lowest BCUT2D eigenvalue weighted by molar-refractivity contribution is -0.00347. The van der Waals surface area contributed by atoms with Gasteiger partial charge in [-0.2, -0.15) is 0 Å². The van der Waals surface area contributed by atoms with Crippen LogP contribution in [0.4, 0.5) is 0 Å². The summed E-state index contributed by atoms with van der Waals surface area (Å²) in [6, 6.07) is 14.7. The number of benzene rings is 1. The zero-order valence-corrected chi connectivity index (χ0v) is 16.5. The zero-order chi connectivity index (χ0) is 19.4. The standard InChI is InChI=1S/C23H27N3O2/c1-15-8-9-18(22(27)24(15)2)23(28)26-14-19(16-6-4-3-5-7-16)21-20(26)17-10-12-25(21)13-11-17/h3-9,17,19-21H,10-14H2,1-2H3/t19-,20+,21+/m1/s1. The highest BCUT2D eigenvalue weighted by Gasteiger charge is 2.54. The minimum absolute atomic E-state index is 0.0946. The number of rotatable bonds is 2. The number of fused-ring (bicyclic) bond motifs is 2. The lowest BCUT2D eigenvalue weighted by Gasteiger charge is -2.51. The van der Waals surface area contributed by atoms with Crippen molar-refractivity contribution < 1.29 is 4.79 Å². The summed E-state index contributed by atoms with van der Waals surface area (Å²) in [5.74, 6) is 0.761. The van der Waals surface area contributed by atoms with Crippen molar-refractivity contribution in [3.8, 4) is 0 Å². The van der Waals surface area contributed by atoms with Gasteiger partial charge in [-0.05, 0) is 56.5 Å². The molecule has 3 atom stereocenters. The van der Waals surface area contributed by atoms with E-state index in [0.29, 0.717) is 30.0 Å². The molecule has 1 aromatic carbocycles. The van der Waals surface area contributed by atoms with E-state index in [2.05, 4.69) is 29.2 Å². The Kier molecular flexibility index (Phi) is 4.16. The zero-order valence-electron chi connectivity index (χ0n) is 16.5. The van der Waals surface area contributed by atoms with Gasteiger partial charge in [0, 0.05) is 31.2 Å². The number of likely N-dealkylation sites (tertiary alicyclic amines) is 1. The second kappa shape index (κ2) is 6.59. The van der Waals surface area contributed by atoms with E-state index in [1.807, 2.05) is 24.0 Å². The molecule has 0 aliphatic carbocycles. The van der Waals surface area contributed by atoms with E-state index in [1.165, 1.54) is 5.56 Å². The lowest BCUT2D eigenvalue weighted by atomic mass is 9.75. The molecule has 0 N–H and O–H groups in total. The van der Waals surface area contributed by atoms with E-state index in [4.69, 9.17) is 0 Å². The third-order valence-corrected chi connectivity index (χ3v) is 7.27. The molecule has 4 aliphatic rings. The summed E-state index contributed by atoms with van der Waals surface area (Å²) in [6.45, 7) is 4.84. The van der Waals surface area contributed by atoms with Crippen molar-refractivity contribution in [2.75, 3.05) is 19.6 Å².